The van der Waals surface area contributed by atoms with Crippen molar-refractivity contribution in [2.75, 3.05) is 6.61 Å². The lowest BCUT2D eigenvalue weighted by molar-refractivity contribution is 0.379. The maximum atomic E-state index is 5.41. The average Bonchev–Trinajstić information content (AvgIpc) is 2.74. The minimum absolute atomic E-state index is 0.205. The Hall–Kier alpha value is 0.310. The summed E-state index contributed by atoms with van der Waals surface area (Å²) in [6.45, 7) is 5.59. The Balaban J connectivity index is 1.84. The van der Waals surface area contributed by atoms with Crippen molar-refractivity contribution in [2.45, 2.75) is 49.7 Å². The van der Waals surface area contributed by atoms with Crippen molar-refractivity contribution in [2.24, 2.45) is 5.92 Å². The molecule has 2 aliphatic rings. The van der Waals surface area contributed by atoms with Gasteiger partial charge in [0, 0.05) is 5.25 Å². The van der Waals surface area contributed by atoms with E-state index in [0.717, 1.165) is 17.8 Å². The first-order valence-corrected chi connectivity index (χ1v) is 5.89. The molecule has 0 aromatic carbocycles. The minimum atomic E-state index is 0.205. The highest BCUT2D eigenvalue weighted by molar-refractivity contribution is 8.01. The molecular weight excluding hydrogens is 168 g/mol. The van der Waals surface area contributed by atoms with Crippen molar-refractivity contribution in [1.29, 1.82) is 0 Å². The number of epoxide rings is 1. The van der Waals surface area contributed by atoms with Gasteiger partial charge in [0.2, 0.25) is 0 Å². The smallest absolute Gasteiger partial charge is 0.134 e. The lowest BCUT2D eigenvalue weighted by Crippen LogP contribution is -2.22. The third-order valence-corrected chi connectivity index (χ3v) is 4.72. The summed E-state index contributed by atoms with van der Waals surface area (Å²) in [6.07, 6.45) is 5.70. The molecule has 3 unspecified atom stereocenters. The Labute approximate surface area is 79.2 Å². The first kappa shape index (κ1) is 8.89. The highest BCUT2D eigenvalue weighted by Gasteiger charge is 2.43. The Morgan fingerprint density at radius 3 is 2.58 bits per heavy atom. The number of ether oxygens (including phenoxy) is 1. The molecule has 3 atom stereocenters. The summed E-state index contributed by atoms with van der Waals surface area (Å²) in [4.78, 5) is 0.205. The maximum Gasteiger partial charge on any atom is 0.134 e. The second kappa shape index (κ2) is 3.22. The number of rotatable bonds is 2. The first-order valence-electron chi connectivity index (χ1n) is 5.01. The fourth-order valence-electron chi connectivity index (χ4n) is 1.95. The van der Waals surface area contributed by atoms with E-state index in [9.17, 15) is 0 Å². The van der Waals surface area contributed by atoms with E-state index in [2.05, 4.69) is 25.6 Å². The Bertz CT molecular complexity index is 165. The molecule has 12 heavy (non-hydrogen) atoms. The van der Waals surface area contributed by atoms with Gasteiger partial charge in [0.1, 0.15) is 4.93 Å². The molecule has 1 saturated heterocycles. The monoisotopic (exact) mass is 186 g/mol. The maximum absolute atomic E-state index is 5.41. The summed E-state index contributed by atoms with van der Waals surface area (Å²) < 4.78 is 5.41. The molecule has 0 bridgehead atoms. The summed E-state index contributed by atoms with van der Waals surface area (Å²) in [5, 5.41) is 0.867. The van der Waals surface area contributed by atoms with Crippen LogP contribution in [0.1, 0.15) is 39.5 Å². The molecule has 0 aromatic heterocycles. The van der Waals surface area contributed by atoms with Crippen LogP contribution in [0.2, 0.25) is 0 Å². The van der Waals surface area contributed by atoms with Gasteiger partial charge in [-0.05, 0) is 25.7 Å². The SMILES string of the molecule is CC1CCCCC1SC1(C)CO1. The highest BCUT2D eigenvalue weighted by Crippen LogP contribution is 2.46. The van der Waals surface area contributed by atoms with Crippen molar-refractivity contribution in [1.82, 2.24) is 0 Å². The summed E-state index contributed by atoms with van der Waals surface area (Å²) >= 11 is 2.07. The van der Waals surface area contributed by atoms with Gasteiger partial charge in [-0.3, -0.25) is 0 Å². The fourth-order valence-corrected chi connectivity index (χ4v) is 3.44. The summed E-state index contributed by atoms with van der Waals surface area (Å²) in [6, 6.07) is 0. The normalized spacial score (nSPS) is 47.5. The van der Waals surface area contributed by atoms with Crippen molar-refractivity contribution in [3.05, 3.63) is 0 Å². The predicted octanol–water partition coefficient (Wildman–Crippen LogP) is 3.04. The fraction of sp³-hybridized carbons (Fsp3) is 1.00. The van der Waals surface area contributed by atoms with Crippen LogP contribution >= 0.6 is 11.8 Å². The van der Waals surface area contributed by atoms with Gasteiger partial charge >= 0.3 is 0 Å². The van der Waals surface area contributed by atoms with Crippen LogP contribution in [0.3, 0.4) is 0 Å². The van der Waals surface area contributed by atoms with E-state index < -0.39 is 0 Å². The molecule has 0 aromatic rings. The van der Waals surface area contributed by atoms with E-state index in [1.807, 2.05) is 0 Å². The van der Waals surface area contributed by atoms with E-state index in [-0.39, 0.29) is 4.93 Å². The molecule has 2 fully saturated rings. The molecule has 0 spiro atoms. The molecule has 70 valence electrons. The standard InChI is InChI=1S/C10H18OS/c1-8-5-3-4-6-9(8)12-10(2)7-11-10/h8-9H,3-7H2,1-2H3. The zero-order valence-corrected chi connectivity index (χ0v) is 8.82. The van der Waals surface area contributed by atoms with Crippen LogP contribution < -0.4 is 0 Å². The molecular formula is C10H18OS. The topological polar surface area (TPSA) is 12.5 Å². The van der Waals surface area contributed by atoms with Gasteiger partial charge in [0.05, 0.1) is 6.61 Å². The molecule has 1 saturated carbocycles. The van der Waals surface area contributed by atoms with Gasteiger partial charge in [-0.1, -0.05) is 19.8 Å². The quantitative estimate of drug-likeness (QED) is 0.615. The van der Waals surface area contributed by atoms with Crippen molar-refractivity contribution < 1.29 is 4.74 Å². The largest absolute Gasteiger partial charge is 0.358 e. The van der Waals surface area contributed by atoms with E-state index in [0.29, 0.717) is 0 Å². The number of thioether (sulfide) groups is 1. The Morgan fingerprint density at radius 2 is 2.00 bits per heavy atom. The predicted molar refractivity (Wildman–Crippen MR) is 53.4 cm³/mol. The second-order valence-electron chi connectivity index (χ2n) is 4.34. The molecule has 0 N–H and O–H groups in total. The number of hydrogen-bond donors (Lipinski definition) is 0. The van der Waals surface area contributed by atoms with Crippen molar-refractivity contribution in [3.8, 4) is 0 Å². The van der Waals surface area contributed by atoms with Crippen LogP contribution in [0.4, 0.5) is 0 Å². The van der Waals surface area contributed by atoms with E-state index in [1.165, 1.54) is 25.7 Å². The summed E-state index contributed by atoms with van der Waals surface area (Å²) in [5.41, 5.74) is 0. The molecule has 1 aliphatic carbocycles. The van der Waals surface area contributed by atoms with Gasteiger partial charge in [0.15, 0.2) is 0 Å². The van der Waals surface area contributed by atoms with Crippen LogP contribution in [0.25, 0.3) is 0 Å². The van der Waals surface area contributed by atoms with Gasteiger partial charge in [-0.2, -0.15) is 0 Å². The first-order chi connectivity index (χ1) is 5.70. The van der Waals surface area contributed by atoms with Crippen molar-refractivity contribution in [3.63, 3.8) is 0 Å². The van der Waals surface area contributed by atoms with Gasteiger partial charge in [-0.15, -0.1) is 11.8 Å². The Morgan fingerprint density at radius 1 is 1.33 bits per heavy atom. The zero-order valence-electron chi connectivity index (χ0n) is 8.01. The van der Waals surface area contributed by atoms with E-state index in [1.54, 1.807) is 0 Å². The van der Waals surface area contributed by atoms with Crippen molar-refractivity contribution >= 4 is 11.8 Å². The van der Waals surface area contributed by atoms with Crippen LogP contribution in [-0.2, 0) is 4.74 Å². The second-order valence-corrected chi connectivity index (χ2v) is 6.05. The van der Waals surface area contributed by atoms with E-state index in [4.69, 9.17) is 4.74 Å². The average molecular weight is 186 g/mol. The molecule has 1 aliphatic heterocycles. The molecule has 2 rings (SSSR count). The highest BCUT2D eigenvalue weighted by atomic mass is 32.2. The molecule has 1 heterocycles. The zero-order chi connectivity index (χ0) is 8.60. The third kappa shape index (κ3) is 1.97. The van der Waals surface area contributed by atoms with E-state index >= 15 is 0 Å². The molecule has 0 radical (unpaired) electrons. The lowest BCUT2D eigenvalue weighted by Gasteiger charge is -2.29. The van der Waals surface area contributed by atoms with Gasteiger partial charge in [0.25, 0.3) is 0 Å². The Kier molecular flexibility index (Phi) is 2.39. The van der Waals surface area contributed by atoms with Crippen LogP contribution in [0.5, 0.6) is 0 Å². The van der Waals surface area contributed by atoms with Gasteiger partial charge in [-0.25, -0.2) is 0 Å². The summed E-state index contributed by atoms with van der Waals surface area (Å²) in [5.74, 6) is 0.907. The number of hydrogen-bond acceptors (Lipinski definition) is 2. The molecule has 1 nitrogen and oxygen atoms in total. The van der Waals surface area contributed by atoms with Crippen LogP contribution in [0.15, 0.2) is 0 Å². The van der Waals surface area contributed by atoms with Crippen LogP contribution in [-0.4, -0.2) is 16.8 Å². The van der Waals surface area contributed by atoms with Gasteiger partial charge < -0.3 is 4.74 Å². The molecule has 0 amide bonds. The molecule has 2 heteroatoms. The lowest BCUT2D eigenvalue weighted by atomic mass is 9.90. The third-order valence-electron chi connectivity index (χ3n) is 2.98. The minimum Gasteiger partial charge on any atom is -0.358 e. The van der Waals surface area contributed by atoms with Crippen LogP contribution in [0, 0.1) is 5.92 Å². The summed E-state index contributed by atoms with van der Waals surface area (Å²) in [7, 11) is 0.